The molecule has 3 amide bonds. The maximum Gasteiger partial charge on any atom is 0.407 e. The monoisotopic (exact) mass is 685 g/mol. The van der Waals surface area contributed by atoms with E-state index in [9.17, 15) is 19.2 Å². The van der Waals surface area contributed by atoms with Crippen LogP contribution in [0.15, 0.2) is 78.9 Å². The van der Waals surface area contributed by atoms with Crippen molar-refractivity contribution in [3.8, 4) is 11.1 Å². The summed E-state index contributed by atoms with van der Waals surface area (Å²) in [6, 6.07) is 24.7. The first kappa shape index (κ1) is 38.0. The van der Waals surface area contributed by atoms with Gasteiger partial charge >= 0.3 is 18.2 Å². The largest absolute Gasteiger partial charge is 0.460 e. The molecule has 0 saturated heterocycles. The molecule has 0 bridgehead atoms. The number of nitrogens with one attached hydrogen (secondary N) is 2. The van der Waals surface area contributed by atoms with Crippen LogP contribution in [0.4, 0.5) is 9.59 Å². The highest BCUT2D eigenvalue weighted by Crippen LogP contribution is 2.44. The molecule has 10 heteroatoms. The van der Waals surface area contributed by atoms with Gasteiger partial charge in [-0.15, -0.1) is 0 Å². The lowest BCUT2D eigenvalue weighted by atomic mass is 9.98. The molecule has 0 heterocycles. The lowest BCUT2D eigenvalue weighted by Gasteiger charge is -2.29. The number of unbranched alkanes of at least 4 members (excludes halogenated alkanes) is 1. The van der Waals surface area contributed by atoms with E-state index in [0.29, 0.717) is 19.4 Å². The first-order valence-corrected chi connectivity index (χ1v) is 17.3. The molecule has 0 unspecified atom stereocenters. The lowest BCUT2D eigenvalue weighted by molar-refractivity contribution is -0.155. The molecule has 0 fully saturated rings. The zero-order valence-electron chi connectivity index (χ0n) is 30.1. The van der Waals surface area contributed by atoms with Crippen molar-refractivity contribution < 1.29 is 33.4 Å². The van der Waals surface area contributed by atoms with Gasteiger partial charge in [0, 0.05) is 25.6 Å². The average Bonchev–Trinajstić information content (AvgIpc) is 3.37. The summed E-state index contributed by atoms with van der Waals surface area (Å²) in [4.78, 5) is 54.0. The number of carbonyl (C=O) groups is 4. The van der Waals surface area contributed by atoms with Crippen LogP contribution in [0.1, 0.15) is 89.8 Å². The Morgan fingerprint density at radius 2 is 1.32 bits per heavy atom. The number of carbonyl (C=O) groups excluding carboxylic acids is 4. The van der Waals surface area contributed by atoms with Crippen LogP contribution in [0.3, 0.4) is 0 Å². The summed E-state index contributed by atoms with van der Waals surface area (Å²) < 4.78 is 16.6. The molecule has 0 aliphatic heterocycles. The van der Waals surface area contributed by atoms with Crippen molar-refractivity contribution in [2.45, 2.75) is 96.9 Å². The molecular formula is C40H51N3O7. The van der Waals surface area contributed by atoms with Gasteiger partial charge in [0.15, 0.2) is 0 Å². The van der Waals surface area contributed by atoms with Crippen LogP contribution in [-0.2, 0) is 30.3 Å². The van der Waals surface area contributed by atoms with Gasteiger partial charge < -0.3 is 29.7 Å². The minimum absolute atomic E-state index is 0.00663. The fourth-order valence-corrected chi connectivity index (χ4v) is 5.93. The van der Waals surface area contributed by atoms with Crippen LogP contribution in [0.5, 0.6) is 0 Å². The van der Waals surface area contributed by atoms with E-state index in [1.165, 1.54) is 0 Å². The average molecular weight is 686 g/mol. The van der Waals surface area contributed by atoms with Crippen LogP contribution in [0.2, 0.25) is 0 Å². The Labute approximate surface area is 295 Å². The number of nitrogens with zero attached hydrogens (tertiary/aromatic N) is 1. The topological polar surface area (TPSA) is 123 Å². The third kappa shape index (κ3) is 11.6. The standard InChI is InChI=1S/C40H51N3O7/c1-39(2,3)49-35(44)23-25-43(26-28-16-8-7-9-17-28)36(45)34(22-14-15-24-41-37(46)50-40(4,5)6)42-38(47)48-27-33-31-20-12-10-18-29(31)30-19-11-13-21-32(30)33/h7-13,16-21,33-34H,14-15,22-27H2,1-6H3,(H,41,46)(H,42,47)/t34-/m0/s1. The molecule has 1 atom stereocenters. The normalized spacial score (nSPS) is 13.0. The molecule has 3 aromatic carbocycles. The Morgan fingerprint density at radius 3 is 1.92 bits per heavy atom. The predicted octanol–water partition coefficient (Wildman–Crippen LogP) is 7.35. The van der Waals surface area contributed by atoms with Crippen LogP contribution in [-0.4, -0.2) is 65.9 Å². The summed E-state index contributed by atoms with van der Waals surface area (Å²) in [7, 11) is 0. The van der Waals surface area contributed by atoms with E-state index in [0.717, 1.165) is 27.8 Å². The molecule has 268 valence electrons. The van der Waals surface area contributed by atoms with E-state index in [-0.39, 0.29) is 44.4 Å². The molecule has 1 aliphatic carbocycles. The lowest BCUT2D eigenvalue weighted by Crippen LogP contribution is -2.49. The Hall–Kier alpha value is -4.86. The van der Waals surface area contributed by atoms with E-state index in [1.807, 2.05) is 66.7 Å². The summed E-state index contributed by atoms with van der Waals surface area (Å²) in [5.41, 5.74) is 4.01. The van der Waals surface area contributed by atoms with Gasteiger partial charge in [-0.25, -0.2) is 9.59 Å². The third-order valence-corrected chi connectivity index (χ3v) is 8.06. The molecule has 50 heavy (non-hydrogen) atoms. The van der Waals surface area contributed by atoms with E-state index in [4.69, 9.17) is 14.2 Å². The fourth-order valence-electron chi connectivity index (χ4n) is 5.93. The van der Waals surface area contributed by atoms with Crippen LogP contribution in [0.25, 0.3) is 11.1 Å². The van der Waals surface area contributed by atoms with Crippen molar-refractivity contribution >= 4 is 24.1 Å². The summed E-state index contributed by atoms with van der Waals surface area (Å²) in [5.74, 6) is -0.895. The number of esters is 1. The molecule has 10 nitrogen and oxygen atoms in total. The molecule has 0 spiro atoms. The van der Waals surface area contributed by atoms with Crippen LogP contribution >= 0.6 is 0 Å². The van der Waals surface area contributed by atoms with Crippen molar-refractivity contribution in [3.05, 3.63) is 95.6 Å². The maximum absolute atomic E-state index is 14.2. The van der Waals surface area contributed by atoms with E-state index < -0.39 is 35.4 Å². The SMILES string of the molecule is CC(C)(C)OC(=O)CCN(Cc1ccccc1)C(=O)[C@H](CCCCNC(=O)OC(C)(C)C)NC(=O)OCC1c2ccccc2-c2ccccc21. The first-order valence-electron chi connectivity index (χ1n) is 17.3. The molecular weight excluding hydrogens is 634 g/mol. The molecule has 1 aliphatic rings. The number of hydrogen-bond donors (Lipinski definition) is 2. The van der Waals surface area contributed by atoms with E-state index in [1.54, 1.807) is 46.4 Å². The molecule has 2 N–H and O–H groups in total. The van der Waals surface area contributed by atoms with Gasteiger partial charge in [0.25, 0.3) is 0 Å². The fraction of sp³-hybridized carbons (Fsp3) is 0.450. The molecule has 4 rings (SSSR count). The van der Waals surface area contributed by atoms with Gasteiger partial charge in [0.1, 0.15) is 23.9 Å². The van der Waals surface area contributed by atoms with E-state index in [2.05, 4.69) is 22.8 Å². The van der Waals surface area contributed by atoms with Crippen molar-refractivity contribution in [2.75, 3.05) is 19.7 Å². The highest BCUT2D eigenvalue weighted by molar-refractivity contribution is 5.86. The number of benzene rings is 3. The Bertz CT molecular complexity index is 1570. The number of alkyl carbamates (subject to hydrolysis) is 2. The van der Waals surface area contributed by atoms with Gasteiger partial charge in [-0.05, 0) is 88.6 Å². The number of amides is 3. The van der Waals surface area contributed by atoms with Crippen molar-refractivity contribution in [2.24, 2.45) is 0 Å². The van der Waals surface area contributed by atoms with Gasteiger partial charge in [-0.3, -0.25) is 9.59 Å². The van der Waals surface area contributed by atoms with Gasteiger partial charge in [-0.2, -0.15) is 0 Å². The van der Waals surface area contributed by atoms with Gasteiger partial charge in [0.05, 0.1) is 6.42 Å². The minimum atomic E-state index is -0.936. The number of ether oxygens (including phenoxy) is 3. The second-order valence-corrected chi connectivity index (χ2v) is 14.5. The first-order chi connectivity index (χ1) is 23.7. The Morgan fingerprint density at radius 1 is 0.740 bits per heavy atom. The van der Waals surface area contributed by atoms with Gasteiger partial charge in [-0.1, -0.05) is 78.9 Å². The van der Waals surface area contributed by atoms with Crippen molar-refractivity contribution in [1.82, 2.24) is 15.5 Å². The quantitative estimate of drug-likeness (QED) is 0.103. The molecule has 0 saturated carbocycles. The molecule has 3 aromatic rings. The second kappa shape index (κ2) is 17.2. The highest BCUT2D eigenvalue weighted by atomic mass is 16.6. The zero-order chi connectivity index (χ0) is 36.3. The number of hydrogen-bond acceptors (Lipinski definition) is 7. The molecule has 0 radical (unpaired) electrons. The molecule has 0 aromatic heterocycles. The van der Waals surface area contributed by atoms with Crippen LogP contribution < -0.4 is 10.6 Å². The third-order valence-electron chi connectivity index (χ3n) is 8.06. The summed E-state index contributed by atoms with van der Waals surface area (Å²) in [5, 5.41) is 5.57. The smallest absolute Gasteiger partial charge is 0.407 e. The summed E-state index contributed by atoms with van der Waals surface area (Å²) in [6.07, 6.45) is 0.124. The summed E-state index contributed by atoms with van der Waals surface area (Å²) >= 11 is 0. The minimum Gasteiger partial charge on any atom is -0.460 e. The zero-order valence-corrected chi connectivity index (χ0v) is 30.1. The van der Waals surface area contributed by atoms with Crippen molar-refractivity contribution in [3.63, 3.8) is 0 Å². The number of fused-ring (bicyclic) bond motifs is 3. The second-order valence-electron chi connectivity index (χ2n) is 14.5. The van der Waals surface area contributed by atoms with Crippen LogP contribution in [0, 0.1) is 0 Å². The van der Waals surface area contributed by atoms with E-state index >= 15 is 0 Å². The van der Waals surface area contributed by atoms with Crippen molar-refractivity contribution in [1.29, 1.82) is 0 Å². The Kier molecular flexibility index (Phi) is 13.0. The summed E-state index contributed by atoms with van der Waals surface area (Å²) in [6.45, 7) is 11.6. The van der Waals surface area contributed by atoms with Gasteiger partial charge in [0.2, 0.25) is 5.91 Å². The number of rotatable bonds is 14. The maximum atomic E-state index is 14.2. The highest BCUT2D eigenvalue weighted by Gasteiger charge is 2.31. The predicted molar refractivity (Wildman–Crippen MR) is 192 cm³/mol. The Balaban J connectivity index is 1.46.